The van der Waals surface area contributed by atoms with Crippen molar-refractivity contribution in [1.82, 2.24) is 10.2 Å². The highest BCUT2D eigenvalue weighted by Gasteiger charge is 2.36. The molecule has 0 aliphatic heterocycles. The molecule has 0 aromatic heterocycles. The number of benzene rings is 1. The van der Waals surface area contributed by atoms with Gasteiger partial charge in [-0.15, -0.1) is 0 Å². The van der Waals surface area contributed by atoms with Crippen LogP contribution in [-0.4, -0.2) is 37.7 Å². The molecule has 2 unspecified atom stereocenters. The number of rotatable bonds is 6. The van der Waals surface area contributed by atoms with Crippen LogP contribution in [0.2, 0.25) is 0 Å². The molecule has 1 aromatic carbocycles. The van der Waals surface area contributed by atoms with Crippen LogP contribution in [0.3, 0.4) is 0 Å². The first-order valence-electron chi connectivity index (χ1n) is 7.72. The minimum absolute atomic E-state index is 0.397. The molecule has 0 fully saturated rings. The fourth-order valence-corrected chi connectivity index (χ4v) is 3.45. The number of hydrogen-bond donors (Lipinski definition) is 1. The van der Waals surface area contributed by atoms with Gasteiger partial charge in [0.15, 0.2) is 0 Å². The third-order valence-corrected chi connectivity index (χ3v) is 4.38. The van der Waals surface area contributed by atoms with Crippen molar-refractivity contribution in [3.05, 3.63) is 29.3 Å². The maximum atomic E-state index is 5.38. The largest absolute Gasteiger partial charge is 0.497 e. The monoisotopic (exact) mass is 276 g/mol. The van der Waals surface area contributed by atoms with Gasteiger partial charge < -0.3 is 10.1 Å². The molecule has 1 aromatic rings. The van der Waals surface area contributed by atoms with Gasteiger partial charge in [0.2, 0.25) is 0 Å². The van der Waals surface area contributed by atoms with Gasteiger partial charge in [0.1, 0.15) is 5.75 Å². The predicted octanol–water partition coefficient (Wildman–Crippen LogP) is 3.00. The smallest absolute Gasteiger partial charge is 0.119 e. The molecule has 0 radical (unpaired) electrons. The third-order valence-electron chi connectivity index (χ3n) is 4.38. The Morgan fingerprint density at radius 3 is 2.70 bits per heavy atom. The van der Waals surface area contributed by atoms with Crippen molar-refractivity contribution in [2.45, 2.75) is 51.7 Å². The maximum absolute atomic E-state index is 5.38. The van der Waals surface area contributed by atoms with Gasteiger partial charge in [0, 0.05) is 18.1 Å². The molecule has 2 atom stereocenters. The lowest BCUT2D eigenvalue weighted by molar-refractivity contribution is 0.131. The molecule has 1 N–H and O–H groups in total. The second-order valence-corrected chi connectivity index (χ2v) is 5.93. The van der Waals surface area contributed by atoms with Gasteiger partial charge >= 0.3 is 0 Å². The molecule has 0 spiro atoms. The van der Waals surface area contributed by atoms with Crippen molar-refractivity contribution in [3.63, 3.8) is 0 Å². The van der Waals surface area contributed by atoms with E-state index in [-0.39, 0.29) is 0 Å². The summed E-state index contributed by atoms with van der Waals surface area (Å²) in [6.45, 7) is 8.01. The number of nitrogens with zero attached hydrogens (tertiary/aromatic N) is 1. The van der Waals surface area contributed by atoms with Gasteiger partial charge in [-0.05, 0) is 63.5 Å². The first-order chi connectivity index (χ1) is 9.62. The molecule has 0 bridgehead atoms. The second kappa shape index (κ2) is 6.59. The lowest BCUT2D eigenvalue weighted by atomic mass is 10.0. The van der Waals surface area contributed by atoms with Crippen LogP contribution in [0.1, 0.15) is 44.4 Å². The Morgan fingerprint density at radius 2 is 2.15 bits per heavy atom. The summed E-state index contributed by atoms with van der Waals surface area (Å²) in [6, 6.07) is 8.01. The minimum Gasteiger partial charge on any atom is -0.497 e. The lowest BCUT2D eigenvalue weighted by Gasteiger charge is -2.36. The Hall–Kier alpha value is -1.06. The first-order valence-corrected chi connectivity index (χ1v) is 7.72. The minimum atomic E-state index is 0.397. The summed E-state index contributed by atoms with van der Waals surface area (Å²) in [4.78, 5) is 2.63. The van der Waals surface area contributed by atoms with Crippen LogP contribution in [0.15, 0.2) is 18.2 Å². The van der Waals surface area contributed by atoms with Gasteiger partial charge in [0.25, 0.3) is 0 Å². The fraction of sp³-hybridized carbons (Fsp3) is 0.647. The number of nitrogens with one attached hydrogen (secondary N) is 1. The number of fused-ring (bicyclic) bond motifs is 1. The van der Waals surface area contributed by atoms with E-state index in [2.05, 4.69) is 56.2 Å². The Bertz CT molecular complexity index is 445. The number of hydrogen-bond acceptors (Lipinski definition) is 3. The van der Waals surface area contributed by atoms with Crippen LogP contribution in [0.25, 0.3) is 0 Å². The molecule has 3 heteroatoms. The molecule has 0 amide bonds. The second-order valence-electron chi connectivity index (χ2n) is 5.93. The van der Waals surface area contributed by atoms with Crippen LogP contribution in [-0.2, 0) is 6.42 Å². The topological polar surface area (TPSA) is 24.5 Å². The van der Waals surface area contributed by atoms with Gasteiger partial charge in [-0.3, -0.25) is 4.90 Å². The SMILES string of the molecule is CCCN(C(C)C)C1Cc2ccc(OC)cc2C1NC. The van der Waals surface area contributed by atoms with E-state index in [0.29, 0.717) is 18.1 Å². The molecule has 3 nitrogen and oxygen atoms in total. The predicted molar refractivity (Wildman–Crippen MR) is 84.4 cm³/mol. The van der Waals surface area contributed by atoms with E-state index in [1.54, 1.807) is 7.11 Å². The Balaban J connectivity index is 2.30. The molecule has 1 aliphatic rings. The number of methoxy groups -OCH3 is 1. The zero-order chi connectivity index (χ0) is 14.7. The molecular formula is C17H28N2O. The first kappa shape index (κ1) is 15.3. The van der Waals surface area contributed by atoms with Crippen molar-refractivity contribution in [1.29, 1.82) is 0 Å². The average Bonchev–Trinajstić information content (AvgIpc) is 2.81. The molecule has 0 saturated carbocycles. The van der Waals surface area contributed by atoms with Crippen molar-refractivity contribution in [2.24, 2.45) is 0 Å². The molecule has 20 heavy (non-hydrogen) atoms. The van der Waals surface area contributed by atoms with Gasteiger partial charge in [-0.25, -0.2) is 0 Å². The van der Waals surface area contributed by atoms with Crippen LogP contribution in [0.5, 0.6) is 5.75 Å². The highest BCUT2D eigenvalue weighted by molar-refractivity contribution is 5.42. The Kier molecular flexibility index (Phi) is 5.06. The molecule has 0 heterocycles. The molecular weight excluding hydrogens is 248 g/mol. The zero-order valence-electron chi connectivity index (χ0n) is 13.4. The lowest BCUT2D eigenvalue weighted by Crippen LogP contribution is -2.46. The fourth-order valence-electron chi connectivity index (χ4n) is 3.45. The van der Waals surface area contributed by atoms with Crippen molar-refractivity contribution in [3.8, 4) is 5.75 Å². The van der Waals surface area contributed by atoms with Crippen LogP contribution in [0.4, 0.5) is 0 Å². The van der Waals surface area contributed by atoms with E-state index < -0.39 is 0 Å². The summed E-state index contributed by atoms with van der Waals surface area (Å²) >= 11 is 0. The zero-order valence-corrected chi connectivity index (χ0v) is 13.4. The maximum Gasteiger partial charge on any atom is 0.119 e. The van der Waals surface area contributed by atoms with Crippen LogP contribution >= 0.6 is 0 Å². The molecule has 112 valence electrons. The summed E-state index contributed by atoms with van der Waals surface area (Å²) in [6.07, 6.45) is 2.33. The van der Waals surface area contributed by atoms with Gasteiger partial charge in [0.05, 0.1) is 7.11 Å². The summed E-state index contributed by atoms with van der Waals surface area (Å²) < 4.78 is 5.38. The normalized spacial score (nSPS) is 21.6. The number of likely N-dealkylation sites (N-methyl/N-ethyl adjacent to an activating group) is 1. The van der Waals surface area contributed by atoms with Gasteiger partial charge in [-0.1, -0.05) is 13.0 Å². The van der Waals surface area contributed by atoms with Crippen molar-refractivity contribution < 1.29 is 4.74 Å². The standard InChI is InChI=1S/C17H28N2O/c1-6-9-19(12(2)3)16-10-13-7-8-14(20-5)11-15(13)17(16)18-4/h7-8,11-12,16-18H,6,9-10H2,1-5H3. The summed E-state index contributed by atoms with van der Waals surface area (Å²) in [5, 5.41) is 3.52. The van der Waals surface area contributed by atoms with E-state index in [1.165, 1.54) is 17.5 Å². The van der Waals surface area contributed by atoms with Crippen molar-refractivity contribution in [2.75, 3.05) is 20.7 Å². The van der Waals surface area contributed by atoms with E-state index in [0.717, 1.165) is 18.7 Å². The third kappa shape index (κ3) is 2.84. The Morgan fingerprint density at radius 1 is 1.40 bits per heavy atom. The van der Waals surface area contributed by atoms with E-state index in [9.17, 15) is 0 Å². The molecule has 1 aliphatic carbocycles. The summed E-state index contributed by atoms with van der Waals surface area (Å²) in [5.41, 5.74) is 2.86. The van der Waals surface area contributed by atoms with Crippen LogP contribution in [0, 0.1) is 0 Å². The number of ether oxygens (including phenoxy) is 1. The highest BCUT2D eigenvalue weighted by atomic mass is 16.5. The highest BCUT2D eigenvalue weighted by Crippen LogP contribution is 2.37. The quantitative estimate of drug-likeness (QED) is 0.864. The van der Waals surface area contributed by atoms with E-state index >= 15 is 0 Å². The van der Waals surface area contributed by atoms with Crippen LogP contribution < -0.4 is 10.1 Å². The van der Waals surface area contributed by atoms with Gasteiger partial charge in [-0.2, -0.15) is 0 Å². The van der Waals surface area contributed by atoms with E-state index in [4.69, 9.17) is 4.74 Å². The summed E-state index contributed by atoms with van der Waals surface area (Å²) in [7, 11) is 3.80. The average molecular weight is 276 g/mol. The summed E-state index contributed by atoms with van der Waals surface area (Å²) in [5.74, 6) is 0.955. The van der Waals surface area contributed by atoms with E-state index in [1.807, 2.05) is 0 Å². The van der Waals surface area contributed by atoms with Crippen molar-refractivity contribution >= 4 is 0 Å². The Labute approximate surface area is 123 Å². The molecule has 2 rings (SSSR count). The molecule has 0 saturated heterocycles.